The van der Waals surface area contributed by atoms with Crippen LogP contribution in [-0.4, -0.2) is 49.5 Å². The number of rotatable bonds is 13. The van der Waals surface area contributed by atoms with Gasteiger partial charge in [-0.15, -0.1) is 6.58 Å². The molecule has 6 heteroatoms. The SMILES string of the molecule is C=C[C@H](O)[C@H]1[C@H](OCc2ccccc2)[C@@H](OCc2ccccc2)[C@@H](OC)O[C@@H]1COCc1ccccc1. The Morgan fingerprint density at radius 2 is 1.27 bits per heavy atom. The van der Waals surface area contributed by atoms with Crippen molar-refractivity contribution in [3.05, 3.63) is 120 Å². The Morgan fingerprint density at radius 1 is 0.784 bits per heavy atom. The second-order valence-corrected chi connectivity index (χ2v) is 9.11. The molecule has 1 aliphatic rings. The summed E-state index contributed by atoms with van der Waals surface area (Å²) in [6.45, 7) is 5.22. The van der Waals surface area contributed by atoms with Gasteiger partial charge in [0.2, 0.25) is 0 Å². The van der Waals surface area contributed by atoms with Crippen LogP contribution in [0.3, 0.4) is 0 Å². The fourth-order valence-electron chi connectivity index (χ4n) is 4.62. The van der Waals surface area contributed by atoms with Gasteiger partial charge in [-0.25, -0.2) is 0 Å². The summed E-state index contributed by atoms with van der Waals surface area (Å²) >= 11 is 0. The quantitative estimate of drug-likeness (QED) is 0.334. The van der Waals surface area contributed by atoms with Crippen molar-refractivity contribution >= 4 is 0 Å². The van der Waals surface area contributed by atoms with Crippen LogP contribution in [0, 0.1) is 5.92 Å². The van der Waals surface area contributed by atoms with Gasteiger partial charge in [0.25, 0.3) is 0 Å². The molecule has 196 valence electrons. The van der Waals surface area contributed by atoms with E-state index in [9.17, 15) is 5.11 Å². The Kier molecular flexibility index (Phi) is 10.4. The molecule has 0 bridgehead atoms. The molecular weight excluding hydrogens is 468 g/mol. The molecule has 1 aliphatic heterocycles. The Hall–Kier alpha value is -2.84. The normalized spacial score (nSPS) is 24.4. The first-order valence-corrected chi connectivity index (χ1v) is 12.6. The van der Waals surface area contributed by atoms with Crippen LogP contribution in [0.2, 0.25) is 0 Å². The average Bonchev–Trinajstić information content (AvgIpc) is 2.96. The minimum Gasteiger partial charge on any atom is -0.389 e. The molecule has 0 aliphatic carbocycles. The predicted molar refractivity (Wildman–Crippen MR) is 141 cm³/mol. The molecule has 1 fully saturated rings. The van der Waals surface area contributed by atoms with Crippen LogP contribution in [-0.2, 0) is 43.5 Å². The van der Waals surface area contributed by atoms with Crippen LogP contribution in [0.4, 0.5) is 0 Å². The van der Waals surface area contributed by atoms with Crippen molar-refractivity contribution in [1.82, 2.24) is 0 Å². The standard InChI is InChI=1S/C31H36O6/c1-3-26(32)28-27(22-34-19-23-13-7-4-8-14-23)37-31(33-2)30(36-21-25-17-11-6-12-18-25)29(28)35-20-24-15-9-5-10-16-24/h3-18,26-32H,1,19-22H2,2H3/t26-,27+,28+,29-,30+,31-/m0/s1. The van der Waals surface area contributed by atoms with Gasteiger partial charge in [0.15, 0.2) is 6.29 Å². The van der Waals surface area contributed by atoms with E-state index in [1.807, 2.05) is 91.0 Å². The lowest BCUT2D eigenvalue weighted by molar-refractivity contribution is -0.312. The first-order valence-electron chi connectivity index (χ1n) is 12.6. The van der Waals surface area contributed by atoms with Gasteiger partial charge in [-0.3, -0.25) is 0 Å². The average molecular weight is 505 g/mol. The van der Waals surface area contributed by atoms with Gasteiger partial charge in [0.1, 0.15) is 6.10 Å². The number of hydrogen-bond donors (Lipinski definition) is 1. The smallest absolute Gasteiger partial charge is 0.186 e. The molecule has 0 saturated carbocycles. The summed E-state index contributed by atoms with van der Waals surface area (Å²) in [5.74, 6) is -0.482. The summed E-state index contributed by atoms with van der Waals surface area (Å²) in [4.78, 5) is 0. The number of hydrogen-bond acceptors (Lipinski definition) is 6. The van der Waals surface area contributed by atoms with Crippen LogP contribution in [0.5, 0.6) is 0 Å². The molecule has 3 aromatic carbocycles. The highest BCUT2D eigenvalue weighted by atomic mass is 16.7. The zero-order valence-corrected chi connectivity index (χ0v) is 21.2. The summed E-state index contributed by atoms with van der Waals surface area (Å²) < 4.78 is 30.9. The monoisotopic (exact) mass is 504 g/mol. The third kappa shape index (κ3) is 7.58. The summed E-state index contributed by atoms with van der Waals surface area (Å²) in [5.41, 5.74) is 3.10. The zero-order valence-electron chi connectivity index (χ0n) is 21.2. The van der Waals surface area contributed by atoms with E-state index in [4.69, 9.17) is 23.7 Å². The van der Waals surface area contributed by atoms with Gasteiger partial charge in [0.05, 0.1) is 44.7 Å². The maximum Gasteiger partial charge on any atom is 0.186 e. The fourth-order valence-corrected chi connectivity index (χ4v) is 4.62. The lowest BCUT2D eigenvalue weighted by Gasteiger charge is -2.47. The van der Waals surface area contributed by atoms with Gasteiger partial charge in [-0.1, -0.05) is 97.1 Å². The van der Waals surface area contributed by atoms with Crippen molar-refractivity contribution < 1.29 is 28.8 Å². The second-order valence-electron chi connectivity index (χ2n) is 9.11. The largest absolute Gasteiger partial charge is 0.389 e. The Bertz CT molecular complexity index is 1050. The van der Waals surface area contributed by atoms with E-state index >= 15 is 0 Å². The molecule has 0 aromatic heterocycles. The van der Waals surface area contributed by atoms with Crippen molar-refractivity contribution in [2.45, 2.75) is 50.5 Å². The summed E-state index contributed by atoms with van der Waals surface area (Å²) in [5, 5.41) is 11.1. The van der Waals surface area contributed by atoms with Gasteiger partial charge < -0.3 is 28.8 Å². The van der Waals surface area contributed by atoms with Gasteiger partial charge in [-0.05, 0) is 16.7 Å². The molecule has 1 heterocycles. The fraction of sp³-hybridized carbons (Fsp3) is 0.355. The van der Waals surface area contributed by atoms with E-state index in [1.54, 1.807) is 7.11 Å². The molecular formula is C31H36O6. The highest BCUT2D eigenvalue weighted by Crippen LogP contribution is 2.35. The second kappa shape index (κ2) is 14.2. The molecule has 1 N–H and O–H groups in total. The highest BCUT2D eigenvalue weighted by Gasteiger charge is 2.50. The molecule has 0 amide bonds. The maximum absolute atomic E-state index is 11.1. The first-order chi connectivity index (χ1) is 18.2. The number of benzene rings is 3. The van der Waals surface area contributed by atoms with E-state index in [1.165, 1.54) is 6.08 Å². The zero-order chi connectivity index (χ0) is 25.9. The summed E-state index contributed by atoms with van der Waals surface area (Å²) in [6, 6.07) is 29.8. The molecule has 0 unspecified atom stereocenters. The minimum absolute atomic E-state index is 0.251. The molecule has 6 nitrogen and oxygen atoms in total. The number of aliphatic hydroxyl groups is 1. The predicted octanol–water partition coefficient (Wildman–Crippen LogP) is 4.91. The van der Waals surface area contributed by atoms with Crippen LogP contribution < -0.4 is 0 Å². The summed E-state index contributed by atoms with van der Waals surface area (Å²) in [6.07, 6.45) is -1.72. The van der Waals surface area contributed by atoms with E-state index in [-0.39, 0.29) is 6.61 Å². The van der Waals surface area contributed by atoms with Crippen molar-refractivity contribution in [2.75, 3.05) is 13.7 Å². The molecule has 37 heavy (non-hydrogen) atoms. The molecule has 0 spiro atoms. The molecule has 1 saturated heterocycles. The molecule has 6 atom stereocenters. The van der Waals surface area contributed by atoms with Crippen LogP contribution in [0.15, 0.2) is 104 Å². The highest BCUT2D eigenvalue weighted by molar-refractivity contribution is 5.15. The maximum atomic E-state index is 11.1. The van der Waals surface area contributed by atoms with Crippen LogP contribution in [0.1, 0.15) is 16.7 Å². The first kappa shape index (κ1) is 27.2. The lowest BCUT2D eigenvalue weighted by Crippen LogP contribution is -2.60. The van der Waals surface area contributed by atoms with Gasteiger partial charge in [-0.2, -0.15) is 0 Å². The van der Waals surface area contributed by atoms with Crippen LogP contribution >= 0.6 is 0 Å². The summed E-state index contributed by atoms with van der Waals surface area (Å²) in [7, 11) is 1.59. The van der Waals surface area contributed by atoms with E-state index < -0.39 is 36.6 Å². The third-order valence-electron chi connectivity index (χ3n) is 6.54. The molecule has 3 aromatic rings. The molecule has 0 radical (unpaired) electrons. The number of aliphatic hydroxyl groups excluding tert-OH is 1. The lowest BCUT2D eigenvalue weighted by atomic mass is 9.84. The molecule has 4 rings (SSSR count). The number of methoxy groups -OCH3 is 1. The number of ether oxygens (including phenoxy) is 5. The van der Waals surface area contributed by atoms with E-state index in [0.29, 0.717) is 19.8 Å². The van der Waals surface area contributed by atoms with E-state index in [0.717, 1.165) is 16.7 Å². The van der Waals surface area contributed by atoms with Gasteiger partial charge >= 0.3 is 0 Å². The van der Waals surface area contributed by atoms with Gasteiger partial charge in [0, 0.05) is 13.0 Å². The van der Waals surface area contributed by atoms with E-state index in [2.05, 4.69) is 6.58 Å². The van der Waals surface area contributed by atoms with Crippen molar-refractivity contribution in [3.8, 4) is 0 Å². The minimum atomic E-state index is -0.897. The van der Waals surface area contributed by atoms with Crippen molar-refractivity contribution in [2.24, 2.45) is 5.92 Å². The third-order valence-corrected chi connectivity index (χ3v) is 6.54. The Morgan fingerprint density at radius 3 is 1.76 bits per heavy atom. The van der Waals surface area contributed by atoms with Crippen molar-refractivity contribution in [1.29, 1.82) is 0 Å². The van der Waals surface area contributed by atoms with Crippen LogP contribution in [0.25, 0.3) is 0 Å². The van der Waals surface area contributed by atoms with Crippen molar-refractivity contribution in [3.63, 3.8) is 0 Å². The Labute approximate surface area is 219 Å². The topological polar surface area (TPSA) is 66.4 Å². The Balaban J connectivity index is 1.55.